The van der Waals surface area contributed by atoms with E-state index in [2.05, 4.69) is 5.32 Å². The summed E-state index contributed by atoms with van der Waals surface area (Å²) in [5.41, 5.74) is -0.619. The minimum absolute atomic E-state index is 0.0968. The lowest BCUT2D eigenvalue weighted by Gasteiger charge is -2.24. The van der Waals surface area contributed by atoms with Crippen molar-refractivity contribution in [1.82, 2.24) is 5.32 Å². The number of nitriles is 1. The third-order valence-corrected chi connectivity index (χ3v) is 2.07. The highest BCUT2D eigenvalue weighted by molar-refractivity contribution is 5.42. The van der Waals surface area contributed by atoms with Crippen LogP contribution in [0.5, 0.6) is 5.75 Å². The van der Waals surface area contributed by atoms with E-state index in [0.717, 1.165) is 0 Å². The third kappa shape index (κ3) is 3.54. The molecule has 1 atom stereocenters. The Kier molecular flexibility index (Phi) is 4.29. The lowest BCUT2D eigenvalue weighted by Crippen LogP contribution is -2.47. The number of nitrogens with zero attached hydrogens (tertiary/aromatic N) is 1. The van der Waals surface area contributed by atoms with Gasteiger partial charge in [-0.05, 0) is 25.6 Å². The molecule has 16 heavy (non-hydrogen) atoms. The summed E-state index contributed by atoms with van der Waals surface area (Å²) in [5, 5.41) is 21.5. The van der Waals surface area contributed by atoms with Gasteiger partial charge in [0.15, 0.2) is 0 Å². The molecule has 0 heterocycles. The Labute approximate surface area is 95.5 Å². The molecule has 0 aliphatic carbocycles. The van der Waals surface area contributed by atoms with Gasteiger partial charge in [-0.2, -0.15) is 5.26 Å². The van der Waals surface area contributed by atoms with Crippen LogP contribution in [-0.2, 0) is 0 Å². The van der Waals surface area contributed by atoms with Crippen molar-refractivity contribution in [3.05, 3.63) is 29.8 Å². The van der Waals surface area contributed by atoms with Crippen LogP contribution >= 0.6 is 0 Å². The van der Waals surface area contributed by atoms with Gasteiger partial charge >= 0.3 is 0 Å². The fraction of sp³-hybridized carbons (Fsp3) is 0.417. The second-order valence-electron chi connectivity index (χ2n) is 3.70. The average molecular weight is 220 g/mol. The molecule has 0 aliphatic heterocycles. The van der Waals surface area contributed by atoms with Gasteiger partial charge in [-0.1, -0.05) is 19.1 Å². The monoisotopic (exact) mass is 220 g/mol. The van der Waals surface area contributed by atoms with Crippen molar-refractivity contribution < 1.29 is 9.84 Å². The van der Waals surface area contributed by atoms with Crippen molar-refractivity contribution >= 4 is 0 Å². The smallest absolute Gasteiger partial charge is 0.147 e. The van der Waals surface area contributed by atoms with Crippen molar-refractivity contribution in [2.75, 3.05) is 13.2 Å². The number of para-hydroxylation sites is 1. The van der Waals surface area contributed by atoms with Gasteiger partial charge < -0.3 is 9.84 Å². The number of benzene rings is 1. The molecule has 0 radical (unpaired) electrons. The maximum Gasteiger partial charge on any atom is 0.147 e. The van der Waals surface area contributed by atoms with Crippen LogP contribution in [0, 0.1) is 11.3 Å². The molecular formula is C12H16N2O2. The van der Waals surface area contributed by atoms with Crippen LogP contribution in [0.15, 0.2) is 24.3 Å². The Morgan fingerprint density at radius 1 is 1.50 bits per heavy atom. The summed E-state index contributed by atoms with van der Waals surface area (Å²) in [5.74, 6) is 0.489. The summed E-state index contributed by atoms with van der Waals surface area (Å²) in [4.78, 5) is 0. The first-order chi connectivity index (χ1) is 7.59. The molecule has 0 spiro atoms. The molecule has 1 unspecified atom stereocenters. The normalized spacial score (nSPS) is 13.9. The Bertz CT molecular complexity index is 383. The van der Waals surface area contributed by atoms with E-state index >= 15 is 0 Å². The topological polar surface area (TPSA) is 65.3 Å². The lowest BCUT2D eigenvalue weighted by atomic mass is 10.2. The van der Waals surface area contributed by atoms with Gasteiger partial charge in [-0.3, -0.25) is 5.32 Å². The van der Waals surface area contributed by atoms with Crippen molar-refractivity contribution in [1.29, 1.82) is 5.26 Å². The van der Waals surface area contributed by atoms with Gasteiger partial charge in [0.1, 0.15) is 24.2 Å². The number of aliphatic hydroxyl groups is 1. The average Bonchev–Trinajstić information content (AvgIpc) is 2.27. The Morgan fingerprint density at radius 3 is 2.81 bits per heavy atom. The third-order valence-electron chi connectivity index (χ3n) is 2.07. The van der Waals surface area contributed by atoms with E-state index in [-0.39, 0.29) is 6.61 Å². The predicted octanol–water partition coefficient (Wildman–Crippen LogP) is 1.26. The summed E-state index contributed by atoms with van der Waals surface area (Å²) in [6.07, 6.45) is 0. The number of ether oxygens (including phenoxy) is 1. The van der Waals surface area contributed by atoms with Crippen LogP contribution in [0.3, 0.4) is 0 Å². The molecule has 1 aromatic rings. The van der Waals surface area contributed by atoms with Crippen LogP contribution in [0.25, 0.3) is 0 Å². The SMILES string of the molecule is CCNC(C)(O)COc1ccccc1C#N. The lowest BCUT2D eigenvalue weighted by molar-refractivity contribution is -0.0166. The summed E-state index contributed by atoms with van der Waals surface area (Å²) in [6.45, 7) is 4.28. The molecule has 86 valence electrons. The van der Waals surface area contributed by atoms with Crippen molar-refractivity contribution in [3.63, 3.8) is 0 Å². The fourth-order valence-corrected chi connectivity index (χ4v) is 1.34. The van der Waals surface area contributed by atoms with Crippen LogP contribution in [0.4, 0.5) is 0 Å². The van der Waals surface area contributed by atoms with Gasteiger partial charge in [0.2, 0.25) is 0 Å². The highest BCUT2D eigenvalue weighted by atomic mass is 16.5. The van der Waals surface area contributed by atoms with Gasteiger partial charge in [0.05, 0.1) is 5.56 Å². The summed E-state index contributed by atoms with van der Waals surface area (Å²) < 4.78 is 5.41. The molecule has 0 amide bonds. The zero-order valence-corrected chi connectivity index (χ0v) is 9.53. The van der Waals surface area contributed by atoms with Crippen molar-refractivity contribution in [2.24, 2.45) is 0 Å². The first-order valence-electron chi connectivity index (χ1n) is 5.18. The first-order valence-corrected chi connectivity index (χ1v) is 5.18. The van der Waals surface area contributed by atoms with Crippen LogP contribution in [0.2, 0.25) is 0 Å². The van der Waals surface area contributed by atoms with E-state index in [4.69, 9.17) is 10.00 Å². The first kappa shape index (κ1) is 12.5. The molecule has 2 N–H and O–H groups in total. The van der Waals surface area contributed by atoms with Crippen LogP contribution < -0.4 is 10.1 Å². The number of hydrogen-bond donors (Lipinski definition) is 2. The molecule has 0 fully saturated rings. The highest BCUT2D eigenvalue weighted by Gasteiger charge is 2.19. The van der Waals surface area contributed by atoms with Crippen molar-refractivity contribution in [3.8, 4) is 11.8 Å². The summed E-state index contributed by atoms with van der Waals surface area (Å²) in [7, 11) is 0. The Balaban J connectivity index is 2.65. The van der Waals surface area contributed by atoms with E-state index < -0.39 is 5.72 Å². The number of likely N-dealkylation sites (N-methyl/N-ethyl adjacent to an activating group) is 1. The predicted molar refractivity (Wildman–Crippen MR) is 61.0 cm³/mol. The van der Waals surface area contributed by atoms with Crippen LogP contribution in [-0.4, -0.2) is 24.0 Å². The molecule has 1 rings (SSSR count). The second kappa shape index (κ2) is 5.50. The van der Waals surface area contributed by atoms with Gasteiger partial charge in [-0.15, -0.1) is 0 Å². The number of nitrogens with one attached hydrogen (secondary N) is 1. The second-order valence-corrected chi connectivity index (χ2v) is 3.70. The molecule has 0 aliphatic rings. The fourth-order valence-electron chi connectivity index (χ4n) is 1.34. The van der Waals surface area contributed by atoms with E-state index in [1.807, 2.05) is 13.0 Å². The highest BCUT2D eigenvalue weighted by Crippen LogP contribution is 2.17. The van der Waals surface area contributed by atoms with Crippen LogP contribution in [0.1, 0.15) is 19.4 Å². The van der Waals surface area contributed by atoms with Crippen molar-refractivity contribution in [2.45, 2.75) is 19.6 Å². The molecule has 1 aromatic carbocycles. The maximum absolute atomic E-state index is 9.82. The van der Waals surface area contributed by atoms with E-state index in [1.54, 1.807) is 31.2 Å². The maximum atomic E-state index is 9.82. The largest absolute Gasteiger partial charge is 0.488 e. The summed E-state index contributed by atoms with van der Waals surface area (Å²) in [6, 6.07) is 8.99. The number of rotatable bonds is 5. The van der Waals surface area contributed by atoms with E-state index in [0.29, 0.717) is 17.9 Å². The van der Waals surface area contributed by atoms with Gasteiger partial charge in [-0.25, -0.2) is 0 Å². The molecule has 0 saturated carbocycles. The summed E-state index contributed by atoms with van der Waals surface area (Å²) >= 11 is 0. The minimum atomic E-state index is -1.09. The number of hydrogen-bond acceptors (Lipinski definition) is 4. The zero-order chi connectivity index (χ0) is 12.0. The molecular weight excluding hydrogens is 204 g/mol. The van der Waals surface area contributed by atoms with E-state index in [9.17, 15) is 5.11 Å². The zero-order valence-electron chi connectivity index (χ0n) is 9.53. The standard InChI is InChI=1S/C12H16N2O2/c1-3-14-12(2,15)9-16-11-7-5-4-6-10(11)8-13/h4-7,14-15H,3,9H2,1-2H3. The molecule has 0 bridgehead atoms. The molecule has 4 nitrogen and oxygen atoms in total. The minimum Gasteiger partial charge on any atom is -0.488 e. The van der Waals surface area contributed by atoms with E-state index in [1.165, 1.54) is 0 Å². The molecule has 0 saturated heterocycles. The Hall–Kier alpha value is -1.57. The van der Waals surface area contributed by atoms with Gasteiger partial charge in [0.25, 0.3) is 0 Å². The Morgan fingerprint density at radius 2 is 2.19 bits per heavy atom. The molecule has 4 heteroatoms. The quantitative estimate of drug-likeness (QED) is 0.733. The molecule has 0 aromatic heterocycles. The van der Waals surface area contributed by atoms with Gasteiger partial charge in [0, 0.05) is 0 Å².